The molecule has 0 fully saturated rings. The van der Waals surface area contributed by atoms with Gasteiger partial charge in [-0.05, 0) is 6.42 Å². The third-order valence-electron chi connectivity index (χ3n) is 1.74. The summed E-state index contributed by atoms with van der Waals surface area (Å²) in [6, 6.07) is 0. The molecular formula is C12H26N2O. The van der Waals surface area contributed by atoms with Crippen LogP contribution in [0.15, 0.2) is 12.2 Å². The number of carbonyl (C=O) groups excluding carboxylic acids is 1. The van der Waals surface area contributed by atoms with Crippen molar-refractivity contribution in [2.24, 2.45) is 17.4 Å². The first kappa shape index (κ1) is 16.6. The summed E-state index contributed by atoms with van der Waals surface area (Å²) in [5, 5.41) is 0. The van der Waals surface area contributed by atoms with Gasteiger partial charge in [-0.25, -0.2) is 0 Å². The van der Waals surface area contributed by atoms with Crippen LogP contribution in [0.25, 0.3) is 0 Å². The summed E-state index contributed by atoms with van der Waals surface area (Å²) in [5.74, 6) is -0.387. The Bertz CT molecular complexity index is 167. The highest BCUT2D eigenvalue weighted by Crippen LogP contribution is 2.08. The van der Waals surface area contributed by atoms with Gasteiger partial charge < -0.3 is 11.5 Å². The SMILES string of the molecule is CCC.CCCC[C@H](/C=C/CN)C(N)=O. The van der Waals surface area contributed by atoms with Gasteiger partial charge >= 0.3 is 0 Å². The summed E-state index contributed by atoms with van der Waals surface area (Å²) in [6.07, 6.45) is 7.79. The van der Waals surface area contributed by atoms with Gasteiger partial charge in [0.25, 0.3) is 0 Å². The van der Waals surface area contributed by atoms with Gasteiger partial charge in [0.05, 0.1) is 5.92 Å². The van der Waals surface area contributed by atoms with E-state index in [1.165, 1.54) is 6.42 Å². The fourth-order valence-electron chi connectivity index (χ4n) is 1.00. The first-order chi connectivity index (χ1) is 7.13. The molecule has 15 heavy (non-hydrogen) atoms. The van der Waals surface area contributed by atoms with E-state index in [0.29, 0.717) is 6.54 Å². The average Bonchev–Trinajstić information content (AvgIpc) is 2.19. The molecular weight excluding hydrogens is 188 g/mol. The van der Waals surface area contributed by atoms with E-state index >= 15 is 0 Å². The molecule has 0 rings (SSSR count). The topological polar surface area (TPSA) is 69.1 Å². The third kappa shape index (κ3) is 13.2. The highest BCUT2D eigenvalue weighted by molar-refractivity contribution is 5.78. The summed E-state index contributed by atoms with van der Waals surface area (Å²) in [5.41, 5.74) is 10.5. The minimum absolute atomic E-state index is 0.131. The van der Waals surface area contributed by atoms with E-state index in [9.17, 15) is 4.79 Å². The number of carbonyl (C=O) groups is 1. The van der Waals surface area contributed by atoms with E-state index in [1.807, 2.05) is 0 Å². The molecule has 1 atom stereocenters. The molecule has 4 N–H and O–H groups in total. The molecule has 0 unspecified atom stereocenters. The van der Waals surface area contributed by atoms with Crippen molar-refractivity contribution in [3.8, 4) is 0 Å². The van der Waals surface area contributed by atoms with Gasteiger partial charge in [-0.3, -0.25) is 4.79 Å². The van der Waals surface area contributed by atoms with Gasteiger partial charge in [-0.2, -0.15) is 0 Å². The minimum atomic E-state index is -0.256. The van der Waals surface area contributed by atoms with E-state index in [-0.39, 0.29) is 11.8 Å². The van der Waals surface area contributed by atoms with Crippen LogP contribution < -0.4 is 11.5 Å². The van der Waals surface area contributed by atoms with Crippen LogP contribution in [0.4, 0.5) is 0 Å². The molecule has 0 aromatic carbocycles. The Labute approximate surface area is 93.9 Å². The molecule has 0 aromatic heterocycles. The van der Waals surface area contributed by atoms with Crippen LogP contribution in [-0.4, -0.2) is 12.5 Å². The Morgan fingerprint density at radius 1 is 1.33 bits per heavy atom. The lowest BCUT2D eigenvalue weighted by Gasteiger charge is -2.06. The van der Waals surface area contributed by atoms with Crippen molar-refractivity contribution < 1.29 is 4.79 Å². The molecule has 3 heteroatoms. The minimum Gasteiger partial charge on any atom is -0.369 e. The predicted octanol–water partition coefficient (Wildman–Crippen LogP) is 2.21. The maximum atomic E-state index is 10.8. The highest BCUT2D eigenvalue weighted by atomic mass is 16.1. The number of nitrogens with two attached hydrogens (primary N) is 2. The van der Waals surface area contributed by atoms with Crippen molar-refractivity contribution in [3.63, 3.8) is 0 Å². The van der Waals surface area contributed by atoms with E-state index in [2.05, 4.69) is 20.8 Å². The van der Waals surface area contributed by atoms with Gasteiger partial charge in [0.15, 0.2) is 0 Å². The molecule has 0 saturated carbocycles. The molecule has 90 valence electrons. The summed E-state index contributed by atoms with van der Waals surface area (Å²) >= 11 is 0. The Kier molecular flexibility index (Phi) is 14.6. The van der Waals surface area contributed by atoms with Crippen molar-refractivity contribution in [2.45, 2.75) is 46.5 Å². The Morgan fingerprint density at radius 2 is 1.87 bits per heavy atom. The third-order valence-corrected chi connectivity index (χ3v) is 1.74. The van der Waals surface area contributed by atoms with Crippen LogP contribution in [0, 0.1) is 5.92 Å². The quantitative estimate of drug-likeness (QED) is 0.665. The first-order valence-electron chi connectivity index (χ1n) is 5.79. The predicted molar refractivity (Wildman–Crippen MR) is 66.4 cm³/mol. The number of hydrogen-bond donors (Lipinski definition) is 2. The molecule has 0 aromatic rings. The van der Waals surface area contributed by atoms with Crippen LogP contribution in [0.3, 0.4) is 0 Å². The van der Waals surface area contributed by atoms with Crippen molar-refractivity contribution in [1.82, 2.24) is 0 Å². The maximum absolute atomic E-state index is 10.8. The Morgan fingerprint density at radius 3 is 2.20 bits per heavy atom. The van der Waals surface area contributed by atoms with E-state index in [4.69, 9.17) is 11.5 Å². The van der Waals surface area contributed by atoms with Gasteiger partial charge in [-0.1, -0.05) is 52.2 Å². The maximum Gasteiger partial charge on any atom is 0.224 e. The second-order valence-corrected chi connectivity index (χ2v) is 3.52. The molecule has 0 spiro atoms. The molecule has 0 heterocycles. The van der Waals surface area contributed by atoms with Crippen LogP contribution in [0.5, 0.6) is 0 Å². The molecule has 0 saturated heterocycles. The number of unbranched alkanes of at least 4 members (excludes halogenated alkanes) is 1. The zero-order valence-electron chi connectivity index (χ0n) is 10.3. The Balaban J connectivity index is 0. The lowest BCUT2D eigenvalue weighted by molar-refractivity contribution is -0.120. The molecule has 0 radical (unpaired) electrons. The smallest absolute Gasteiger partial charge is 0.224 e. The molecule has 0 aliphatic heterocycles. The number of primary amides is 1. The van der Waals surface area contributed by atoms with Gasteiger partial charge in [0.2, 0.25) is 5.91 Å². The fraction of sp³-hybridized carbons (Fsp3) is 0.750. The Hall–Kier alpha value is -0.830. The second-order valence-electron chi connectivity index (χ2n) is 3.52. The summed E-state index contributed by atoms with van der Waals surface area (Å²) < 4.78 is 0. The molecule has 3 nitrogen and oxygen atoms in total. The summed E-state index contributed by atoms with van der Waals surface area (Å²) in [4.78, 5) is 10.8. The van der Waals surface area contributed by atoms with Gasteiger partial charge in [0.1, 0.15) is 0 Å². The van der Waals surface area contributed by atoms with Crippen molar-refractivity contribution >= 4 is 5.91 Å². The lowest BCUT2D eigenvalue weighted by atomic mass is 10.0. The van der Waals surface area contributed by atoms with E-state index in [0.717, 1.165) is 19.3 Å². The normalized spacial score (nSPS) is 12.0. The van der Waals surface area contributed by atoms with E-state index in [1.54, 1.807) is 12.2 Å². The monoisotopic (exact) mass is 214 g/mol. The fourth-order valence-corrected chi connectivity index (χ4v) is 1.00. The number of amides is 1. The van der Waals surface area contributed by atoms with Crippen LogP contribution in [0.2, 0.25) is 0 Å². The highest BCUT2D eigenvalue weighted by Gasteiger charge is 2.09. The molecule has 0 bridgehead atoms. The molecule has 0 aliphatic carbocycles. The zero-order valence-corrected chi connectivity index (χ0v) is 10.3. The lowest BCUT2D eigenvalue weighted by Crippen LogP contribution is -2.21. The summed E-state index contributed by atoms with van der Waals surface area (Å²) in [7, 11) is 0. The molecule has 0 aliphatic rings. The summed E-state index contributed by atoms with van der Waals surface area (Å²) in [6.45, 7) is 6.81. The van der Waals surface area contributed by atoms with Crippen LogP contribution >= 0.6 is 0 Å². The molecule has 1 amide bonds. The first-order valence-corrected chi connectivity index (χ1v) is 5.79. The van der Waals surface area contributed by atoms with Gasteiger partial charge in [-0.15, -0.1) is 0 Å². The van der Waals surface area contributed by atoms with E-state index < -0.39 is 0 Å². The standard InChI is InChI=1S/C9H18N2O.C3H8/c1-2-3-5-8(9(11)12)6-4-7-10;1-3-2/h4,6,8H,2-3,5,7,10H2,1H3,(H2,11,12);3H2,1-2H3/b6-4+;/t8-;/m1./s1. The van der Waals surface area contributed by atoms with Gasteiger partial charge in [0, 0.05) is 6.54 Å². The largest absolute Gasteiger partial charge is 0.369 e. The number of rotatable bonds is 6. The van der Waals surface area contributed by atoms with Crippen molar-refractivity contribution in [2.75, 3.05) is 6.54 Å². The van der Waals surface area contributed by atoms with Crippen molar-refractivity contribution in [3.05, 3.63) is 12.2 Å². The zero-order chi connectivity index (χ0) is 12.1. The average molecular weight is 214 g/mol. The van der Waals surface area contributed by atoms with Crippen LogP contribution in [0.1, 0.15) is 46.5 Å². The second kappa shape index (κ2) is 13.2. The van der Waals surface area contributed by atoms with Crippen molar-refractivity contribution in [1.29, 1.82) is 0 Å². The number of hydrogen-bond acceptors (Lipinski definition) is 2. The van der Waals surface area contributed by atoms with Crippen LogP contribution in [-0.2, 0) is 4.79 Å².